The Morgan fingerprint density at radius 1 is 1.06 bits per heavy atom. The number of carbonyl (C=O) groups is 2. The van der Waals surface area contributed by atoms with Gasteiger partial charge in [-0.15, -0.1) is 0 Å². The Labute approximate surface area is 198 Å². The minimum atomic E-state index is -0.570. The van der Waals surface area contributed by atoms with E-state index in [1.807, 2.05) is 51.1 Å². The van der Waals surface area contributed by atoms with Crippen molar-refractivity contribution in [3.63, 3.8) is 0 Å². The quantitative estimate of drug-likeness (QED) is 0.501. The molecule has 1 aliphatic heterocycles. The fourth-order valence-electron chi connectivity index (χ4n) is 4.91. The van der Waals surface area contributed by atoms with Crippen LogP contribution in [-0.2, 0) is 14.9 Å². The van der Waals surface area contributed by atoms with E-state index < -0.39 is 5.60 Å². The number of ether oxygens (including phenoxy) is 2. The molecule has 4 rings (SSSR count). The van der Waals surface area contributed by atoms with Gasteiger partial charge in [0.15, 0.2) is 0 Å². The van der Waals surface area contributed by atoms with Crippen LogP contribution in [0.25, 0.3) is 0 Å². The van der Waals surface area contributed by atoms with Crippen molar-refractivity contribution in [2.24, 2.45) is 5.92 Å². The summed E-state index contributed by atoms with van der Waals surface area (Å²) in [5, 5.41) is 0.952. The van der Waals surface area contributed by atoms with Crippen LogP contribution in [0.4, 0.5) is 4.79 Å². The van der Waals surface area contributed by atoms with Gasteiger partial charge in [-0.05, 0) is 69.4 Å². The number of hydrogen-bond donors (Lipinski definition) is 0. The maximum absolute atomic E-state index is 12.8. The van der Waals surface area contributed by atoms with Crippen LogP contribution in [0.3, 0.4) is 0 Å². The van der Waals surface area contributed by atoms with Gasteiger partial charge in [-0.3, -0.25) is 0 Å². The first-order valence-electron chi connectivity index (χ1n) is 10.8. The molecule has 5 nitrogen and oxygen atoms in total. The Morgan fingerprint density at radius 2 is 1.78 bits per heavy atom. The second-order valence-electron chi connectivity index (χ2n) is 9.68. The summed E-state index contributed by atoms with van der Waals surface area (Å²) in [5.41, 5.74) is 0.580. The molecule has 1 saturated carbocycles. The maximum atomic E-state index is 12.8. The van der Waals surface area contributed by atoms with E-state index in [4.69, 9.17) is 32.7 Å². The van der Waals surface area contributed by atoms with Crippen molar-refractivity contribution in [3.8, 4) is 0 Å². The van der Waals surface area contributed by atoms with Crippen molar-refractivity contribution in [1.82, 2.24) is 4.90 Å². The fourth-order valence-corrected chi connectivity index (χ4v) is 5.21. The minimum Gasteiger partial charge on any atom is -0.459 e. The van der Waals surface area contributed by atoms with Crippen LogP contribution in [0, 0.1) is 5.92 Å². The molecule has 1 aliphatic carbocycles. The van der Waals surface area contributed by atoms with Gasteiger partial charge < -0.3 is 14.4 Å². The number of esters is 1. The van der Waals surface area contributed by atoms with Crippen molar-refractivity contribution in [2.45, 2.75) is 50.7 Å². The lowest BCUT2D eigenvalue weighted by molar-refractivity contribution is 0.0200. The number of rotatable bonds is 3. The molecule has 0 unspecified atom stereocenters. The highest BCUT2D eigenvalue weighted by molar-refractivity contribution is 6.42. The first kappa shape index (κ1) is 22.9. The molecule has 32 heavy (non-hydrogen) atoms. The molecule has 1 saturated heterocycles. The van der Waals surface area contributed by atoms with Crippen LogP contribution in [-0.4, -0.2) is 41.8 Å². The number of halogens is 2. The van der Waals surface area contributed by atoms with Gasteiger partial charge in [0.1, 0.15) is 11.7 Å². The Hall–Kier alpha value is -2.24. The molecule has 2 aromatic rings. The number of nitrogens with zero attached hydrogens (tertiary/aromatic N) is 1. The Bertz CT molecular complexity index is 1020. The van der Waals surface area contributed by atoms with Crippen molar-refractivity contribution in [2.75, 3.05) is 13.1 Å². The molecule has 0 spiro atoms. The first-order valence-corrected chi connectivity index (χ1v) is 11.5. The zero-order chi connectivity index (χ0) is 23.1. The molecule has 3 atom stereocenters. The van der Waals surface area contributed by atoms with E-state index in [2.05, 4.69) is 0 Å². The van der Waals surface area contributed by atoms with E-state index in [1.165, 1.54) is 0 Å². The third-order valence-electron chi connectivity index (χ3n) is 6.26. The lowest BCUT2D eigenvalue weighted by atomic mass is 9.74. The topological polar surface area (TPSA) is 55.8 Å². The van der Waals surface area contributed by atoms with Gasteiger partial charge in [0, 0.05) is 18.5 Å². The van der Waals surface area contributed by atoms with Gasteiger partial charge >= 0.3 is 12.1 Å². The molecule has 1 amide bonds. The second-order valence-corrected chi connectivity index (χ2v) is 10.5. The molecule has 2 fully saturated rings. The summed E-state index contributed by atoms with van der Waals surface area (Å²) in [7, 11) is 0. The number of amides is 1. The molecule has 170 valence electrons. The van der Waals surface area contributed by atoms with E-state index in [1.54, 1.807) is 23.1 Å². The number of benzene rings is 2. The van der Waals surface area contributed by atoms with Gasteiger partial charge in [0.25, 0.3) is 0 Å². The molecule has 0 N–H and O–H groups in total. The average Bonchev–Trinajstić information content (AvgIpc) is 3.24. The standard InChI is InChI=1S/C25H27Cl2NO4/c1-24(2,3)32-23(30)28-14-18-11-19(31-22(29)16-7-5-4-6-8-16)13-25(18,15-28)17-9-10-20(26)21(27)12-17/h4-10,12,18-19H,11,13-15H2,1-3H3/t18-,19-,25+/m1/s1. The van der Waals surface area contributed by atoms with Gasteiger partial charge in [-0.25, -0.2) is 9.59 Å². The van der Waals surface area contributed by atoms with Crippen LogP contribution >= 0.6 is 23.2 Å². The number of fused-ring (bicyclic) bond motifs is 1. The summed E-state index contributed by atoms with van der Waals surface area (Å²) >= 11 is 12.5. The lowest BCUT2D eigenvalue weighted by Crippen LogP contribution is -2.39. The predicted molar refractivity (Wildman–Crippen MR) is 124 cm³/mol. The average molecular weight is 476 g/mol. The number of carbonyl (C=O) groups excluding carboxylic acids is 2. The highest BCUT2D eigenvalue weighted by Crippen LogP contribution is 2.52. The summed E-state index contributed by atoms with van der Waals surface area (Å²) in [6.45, 7) is 6.58. The zero-order valence-electron chi connectivity index (χ0n) is 18.4. The summed E-state index contributed by atoms with van der Waals surface area (Å²) in [4.78, 5) is 27.2. The molecular weight excluding hydrogens is 449 g/mol. The van der Waals surface area contributed by atoms with Gasteiger partial charge in [0.2, 0.25) is 0 Å². The van der Waals surface area contributed by atoms with E-state index >= 15 is 0 Å². The lowest BCUT2D eigenvalue weighted by Gasteiger charge is -2.31. The normalized spacial score (nSPS) is 24.8. The summed E-state index contributed by atoms with van der Waals surface area (Å²) in [6.07, 6.45) is 0.693. The van der Waals surface area contributed by atoms with Gasteiger partial charge in [-0.1, -0.05) is 47.5 Å². The molecule has 2 aliphatic rings. The third-order valence-corrected chi connectivity index (χ3v) is 7.00. The van der Waals surface area contributed by atoms with E-state index in [0.717, 1.165) is 5.56 Å². The molecule has 0 bridgehead atoms. The van der Waals surface area contributed by atoms with Crippen LogP contribution in [0.15, 0.2) is 48.5 Å². The number of hydrogen-bond acceptors (Lipinski definition) is 4. The van der Waals surface area contributed by atoms with Crippen molar-refractivity contribution >= 4 is 35.3 Å². The first-order chi connectivity index (χ1) is 15.1. The summed E-state index contributed by atoms with van der Waals surface area (Å²) in [6, 6.07) is 14.6. The summed E-state index contributed by atoms with van der Waals surface area (Å²) in [5.74, 6) is -0.218. The van der Waals surface area contributed by atoms with Crippen molar-refractivity contribution in [3.05, 3.63) is 69.7 Å². The Morgan fingerprint density at radius 3 is 2.44 bits per heavy atom. The minimum absolute atomic E-state index is 0.112. The molecule has 0 radical (unpaired) electrons. The smallest absolute Gasteiger partial charge is 0.410 e. The predicted octanol–water partition coefficient (Wildman–Crippen LogP) is 6.12. The molecule has 7 heteroatoms. The largest absolute Gasteiger partial charge is 0.459 e. The van der Waals surface area contributed by atoms with E-state index in [0.29, 0.717) is 41.5 Å². The number of likely N-dealkylation sites (tertiary alicyclic amines) is 1. The summed E-state index contributed by atoms with van der Waals surface area (Å²) < 4.78 is 11.5. The highest BCUT2D eigenvalue weighted by atomic mass is 35.5. The van der Waals surface area contributed by atoms with Gasteiger partial charge in [0.05, 0.1) is 15.6 Å². The van der Waals surface area contributed by atoms with Crippen molar-refractivity contribution in [1.29, 1.82) is 0 Å². The third kappa shape index (κ3) is 4.60. The molecule has 2 aromatic carbocycles. The monoisotopic (exact) mass is 475 g/mol. The Kier molecular flexibility index (Phi) is 6.17. The maximum Gasteiger partial charge on any atom is 0.410 e. The SMILES string of the molecule is CC(C)(C)OC(=O)N1C[C@H]2C[C@@H](OC(=O)c3ccccc3)C[C@@]2(c2ccc(Cl)c(Cl)c2)C1. The van der Waals surface area contributed by atoms with E-state index in [9.17, 15) is 9.59 Å². The highest BCUT2D eigenvalue weighted by Gasteiger charge is 2.56. The van der Waals surface area contributed by atoms with Gasteiger partial charge in [-0.2, -0.15) is 0 Å². The fraction of sp³-hybridized carbons (Fsp3) is 0.440. The Balaban J connectivity index is 1.59. The van der Waals surface area contributed by atoms with Crippen LogP contribution in [0.1, 0.15) is 49.5 Å². The van der Waals surface area contributed by atoms with Crippen LogP contribution < -0.4 is 0 Å². The molecule has 1 heterocycles. The van der Waals surface area contributed by atoms with Crippen LogP contribution in [0.5, 0.6) is 0 Å². The van der Waals surface area contributed by atoms with Crippen LogP contribution in [0.2, 0.25) is 10.0 Å². The van der Waals surface area contributed by atoms with Crippen molar-refractivity contribution < 1.29 is 19.1 Å². The molecule has 0 aromatic heterocycles. The second kappa shape index (κ2) is 8.60. The van der Waals surface area contributed by atoms with E-state index in [-0.39, 0.29) is 29.5 Å². The molecular formula is C25H27Cl2NO4. The zero-order valence-corrected chi connectivity index (χ0v) is 19.9.